The van der Waals surface area contributed by atoms with E-state index < -0.39 is 5.97 Å². The van der Waals surface area contributed by atoms with E-state index in [2.05, 4.69) is 34.8 Å². The van der Waals surface area contributed by atoms with Gasteiger partial charge in [-0.05, 0) is 12.8 Å². The summed E-state index contributed by atoms with van der Waals surface area (Å²) in [6.45, 7) is 4.90. The zero-order chi connectivity index (χ0) is 11.7. The number of imidazole rings is 1. The Morgan fingerprint density at radius 3 is 2.40 bits per heavy atom. The molecule has 0 spiro atoms. The third-order valence-corrected chi connectivity index (χ3v) is 1.88. The lowest BCUT2D eigenvalue weighted by Crippen LogP contribution is -2.23. The summed E-state index contributed by atoms with van der Waals surface area (Å²) >= 11 is 0. The van der Waals surface area contributed by atoms with Crippen LogP contribution in [0.5, 0.6) is 0 Å². The van der Waals surface area contributed by atoms with Crippen molar-refractivity contribution in [2.45, 2.75) is 39.7 Å². The fraction of sp³-hybridized carbons (Fsp3) is 0.636. The van der Waals surface area contributed by atoms with Crippen LogP contribution in [0.4, 0.5) is 0 Å². The van der Waals surface area contributed by atoms with Crippen molar-refractivity contribution >= 4 is 5.97 Å². The molecule has 0 aliphatic rings. The van der Waals surface area contributed by atoms with Gasteiger partial charge in [-0.2, -0.15) is 0 Å². The van der Waals surface area contributed by atoms with Crippen molar-refractivity contribution in [3.05, 3.63) is 18.7 Å². The minimum atomic E-state index is -0.995. The molecule has 0 amide bonds. The average molecular weight is 212 g/mol. The Balaban J connectivity index is 0.000000336. The van der Waals surface area contributed by atoms with E-state index in [0.29, 0.717) is 0 Å². The standard InChI is InChI=1S/C8H15N2.C3H6O2/c1-3-4-5-10-7-6-9(2)8-10;1-2-3(4)5/h6-8H,3-5H2,1-2H3;2H2,1H3,(H,4,5)/q+1;/p-1. The van der Waals surface area contributed by atoms with Gasteiger partial charge in [0.25, 0.3) is 0 Å². The van der Waals surface area contributed by atoms with Crippen LogP contribution in [0.15, 0.2) is 18.7 Å². The highest BCUT2D eigenvalue weighted by atomic mass is 16.4. The second-order valence-electron chi connectivity index (χ2n) is 3.40. The molecule has 0 saturated heterocycles. The molecule has 15 heavy (non-hydrogen) atoms. The van der Waals surface area contributed by atoms with Gasteiger partial charge in [-0.25, -0.2) is 9.13 Å². The summed E-state index contributed by atoms with van der Waals surface area (Å²) < 4.78 is 4.28. The number of aliphatic carboxylic acids is 1. The lowest BCUT2D eigenvalue weighted by Gasteiger charge is -1.90. The van der Waals surface area contributed by atoms with E-state index in [1.54, 1.807) is 0 Å². The normalized spacial score (nSPS) is 9.27. The maximum atomic E-state index is 9.26. The molecule has 1 heterocycles. The molecule has 0 atom stereocenters. The Kier molecular flexibility index (Phi) is 7.32. The van der Waals surface area contributed by atoms with Gasteiger partial charge in [-0.3, -0.25) is 0 Å². The molecule has 0 N–H and O–H groups in total. The van der Waals surface area contributed by atoms with Crippen LogP contribution in [0, 0.1) is 0 Å². The SMILES string of the molecule is CCC(=O)[O-].CCCCn1cc[n+](C)c1. The molecule has 86 valence electrons. The molecule has 4 heteroatoms. The molecule has 0 saturated carbocycles. The molecule has 0 fully saturated rings. The van der Waals surface area contributed by atoms with Gasteiger partial charge in [0.15, 0.2) is 0 Å². The topological polar surface area (TPSA) is 48.9 Å². The smallest absolute Gasteiger partial charge is 0.243 e. The predicted molar refractivity (Wildman–Crippen MR) is 55.8 cm³/mol. The largest absolute Gasteiger partial charge is 0.550 e. The Hall–Kier alpha value is -1.32. The van der Waals surface area contributed by atoms with Crippen LogP contribution in [0.2, 0.25) is 0 Å². The van der Waals surface area contributed by atoms with Gasteiger partial charge in [-0.1, -0.05) is 20.3 Å². The number of hydrogen-bond acceptors (Lipinski definition) is 2. The predicted octanol–water partition coefficient (Wildman–Crippen LogP) is 0.259. The quantitative estimate of drug-likeness (QED) is 0.672. The number of aromatic nitrogens is 2. The Morgan fingerprint density at radius 1 is 1.47 bits per heavy atom. The van der Waals surface area contributed by atoms with Gasteiger partial charge in [0, 0.05) is 5.97 Å². The summed E-state index contributed by atoms with van der Waals surface area (Å²) in [5.41, 5.74) is 0. The molecule has 0 aliphatic heterocycles. The van der Waals surface area contributed by atoms with Crippen LogP contribution < -0.4 is 9.67 Å². The number of nitrogens with zero attached hydrogens (tertiary/aromatic N) is 2. The van der Waals surface area contributed by atoms with Crippen molar-refractivity contribution in [1.82, 2.24) is 4.57 Å². The average Bonchev–Trinajstić information content (AvgIpc) is 2.62. The zero-order valence-electron chi connectivity index (χ0n) is 9.77. The zero-order valence-corrected chi connectivity index (χ0v) is 9.77. The highest BCUT2D eigenvalue weighted by Crippen LogP contribution is 1.91. The number of rotatable bonds is 4. The summed E-state index contributed by atoms with van der Waals surface area (Å²) in [5.74, 6) is -0.995. The monoisotopic (exact) mass is 212 g/mol. The van der Waals surface area contributed by atoms with E-state index in [4.69, 9.17) is 0 Å². The molecule has 4 nitrogen and oxygen atoms in total. The van der Waals surface area contributed by atoms with Gasteiger partial charge in [0.05, 0.1) is 13.6 Å². The Labute approximate surface area is 91.2 Å². The number of carboxylic acids is 1. The van der Waals surface area contributed by atoms with Gasteiger partial charge >= 0.3 is 0 Å². The van der Waals surface area contributed by atoms with E-state index in [1.165, 1.54) is 19.8 Å². The van der Waals surface area contributed by atoms with Crippen LogP contribution in [0.25, 0.3) is 0 Å². The number of carbonyl (C=O) groups excluding carboxylic acids is 1. The van der Waals surface area contributed by atoms with Crippen molar-refractivity contribution in [3.8, 4) is 0 Å². The summed E-state index contributed by atoms with van der Waals surface area (Å²) in [6.07, 6.45) is 8.93. The number of carboxylic acid groups (broad SMARTS) is 1. The van der Waals surface area contributed by atoms with Crippen LogP contribution in [-0.2, 0) is 18.4 Å². The van der Waals surface area contributed by atoms with Crippen LogP contribution in [0.1, 0.15) is 33.1 Å². The third kappa shape index (κ3) is 7.73. The Bertz CT molecular complexity index is 282. The van der Waals surface area contributed by atoms with E-state index >= 15 is 0 Å². The van der Waals surface area contributed by atoms with Crippen molar-refractivity contribution in [2.24, 2.45) is 7.05 Å². The maximum Gasteiger partial charge on any atom is 0.243 e. The van der Waals surface area contributed by atoms with Crippen LogP contribution >= 0.6 is 0 Å². The van der Waals surface area contributed by atoms with E-state index in [-0.39, 0.29) is 6.42 Å². The highest BCUT2D eigenvalue weighted by molar-refractivity contribution is 5.63. The molecular formula is C11H20N2O2. The van der Waals surface area contributed by atoms with Gasteiger partial charge < -0.3 is 9.90 Å². The van der Waals surface area contributed by atoms with Crippen molar-refractivity contribution < 1.29 is 14.5 Å². The lowest BCUT2D eigenvalue weighted by atomic mass is 10.3. The fourth-order valence-corrected chi connectivity index (χ4v) is 0.975. The number of aryl methyl sites for hydroxylation is 2. The summed E-state index contributed by atoms with van der Waals surface area (Å²) in [4.78, 5) is 9.26. The third-order valence-electron chi connectivity index (χ3n) is 1.88. The molecule has 1 rings (SSSR count). The van der Waals surface area contributed by atoms with Crippen molar-refractivity contribution in [3.63, 3.8) is 0 Å². The van der Waals surface area contributed by atoms with Crippen LogP contribution in [0.3, 0.4) is 0 Å². The first kappa shape index (κ1) is 13.7. The number of hydrogen-bond donors (Lipinski definition) is 0. The molecular weight excluding hydrogens is 192 g/mol. The second-order valence-corrected chi connectivity index (χ2v) is 3.40. The van der Waals surface area contributed by atoms with E-state index in [0.717, 1.165) is 6.54 Å². The first-order chi connectivity index (χ1) is 7.10. The van der Waals surface area contributed by atoms with E-state index in [1.807, 2.05) is 7.05 Å². The maximum absolute atomic E-state index is 9.26. The number of carbonyl (C=O) groups is 1. The molecule has 0 unspecified atom stereocenters. The molecule has 0 bridgehead atoms. The number of unbranched alkanes of at least 4 members (excludes halogenated alkanes) is 1. The molecule has 1 aromatic heterocycles. The second kappa shape index (κ2) is 8.03. The molecule has 0 radical (unpaired) electrons. The van der Waals surface area contributed by atoms with Gasteiger partial charge in [0.1, 0.15) is 12.4 Å². The van der Waals surface area contributed by atoms with Crippen molar-refractivity contribution in [1.29, 1.82) is 0 Å². The minimum absolute atomic E-state index is 0.111. The van der Waals surface area contributed by atoms with Gasteiger partial charge in [0.2, 0.25) is 6.33 Å². The lowest BCUT2D eigenvalue weighted by molar-refractivity contribution is -0.671. The molecule has 1 aromatic rings. The first-order valence-electron chi connectivity index (χ1n) is 5.31. The fourth-order valence-electron chi connectivity index (χ4n) is 0.975. The van der Waals surface area contributed by atoms with Crippen LogP contribution in [-0.4, -0.2) is 10.5 Å². The van der Waals surface area contributed by atoms with Gasteiger partial charge in [-0.15, -0.1) is 0 Å². The molecule has 0 aromatic carbocycles. The highest BCUT2D eigenvalue weighted by Gasteiger charge is 1.96. The minimum Gasteiger partial charge on any atom is -0.550 e. The Morgan fingerprint density at radius 2 is 2.07 bits per heavy atom. The van der Waals surface area contributed by atoms with Crippen molar-refractivity contribution in [2.75, 3.05) is 0 Å². The van der Waals surface area contributed by atoms with E-state index in [9.17, 15) is 9.90 Å². The first-order valence-corrected chi connectivity index (χ1v) is 5.31. The summed E-state index contributed by atoms with van der Waals surface area (Å²) in [5, 5.41) is 9.26. The summed E-state index contributed by atoms with van der Waals surface area (Å²) in [6, 6.07) is 0. The molecule has 0 aliphatic carbocycles. The summed E-state index contributed by atoms with van der Waals surface area (Å²) in [7, 11) is 2.04.